The molecule has 2 N–H and O–H groups in total. The van der Waals surface area contributed by atoms with Gasteiger partial charge in [0.25, 0.3) is 16.0 Å². The van der Waals surface area contributed by atoms with E-state index in [1.165, 1.54) is 19.2 Å². The van der Waals surface area contributed by atoms with Gasteiger partial charge in [-0.2, -0.15) is 4.80 Å². The first-order chi connectivity index (χ1) is 9.83. The number of aryl methyl sites for hydroxylation is 2. The van der Waals surface area contributed by atoms with E-state index in [9.17, 15) is 13.2 Å². The van der Waals surface area contributed by atoms with E-state index >= 15 is 0 Å². The molecule has 0 atom stereocenters. The largest absolute Gasteiger partial charge is 0.478 e. The third-order valence-corrected chi connectivity index (χ3v) is 4.06. The molecule has 2 aromatic rings. The molecule has 0 spiro atoms. The number of nitrogens with zero attached hydrogens (tertiary/aromatic N) is 4. The average molecular weight is 311 g/mol. The number of tetrazole rings is 1. The van der Waals surface area contributed by atoms with Crippen molar-refractivity contribution >= 4 is 21.9 Å². The van der Waals surface area contributed by atoms with E-state index in [4.69, 9.17) is 5.11 Å². The van der Waals surface area contributed by atoms with Crippen LogP contribution >= 0.6 is 0 Å². The highest BCUT2D eigenvalue weighted by molar-refractivity contribution is 7.92. The Hall–Kier alpha value is -2.49. The topological polar surface area (TPSA) is 127 Å². The van der Waals surface area contributed by atoms with Crippen LogP contribution in [-0.4, -0.2) is 39.7 Å². The van der Waals surface area contributed by atoms with Gasteiger partial charge in [0, 0.05) is 0 Å². The van der Waals surface area contributed by atoms with Crippen molar-refractivity contribution in [1.82, 2.24) is 20.2 Å². The van der Waals surface area contributed by atoms with E-state index in [0.717, 1.165) is 10.9 Å². The van der Waals surface area contributed by atoms with Crippen LogP contribution in [0.1, 0.15) is 22.8 Å². The Labute approximate surface area is 120 Å². The summed E-state index contributed by atoms with van der Waals surface area (Å²) in [5.74, 6) is -1.37. The maximum Gasteiger partial charge on any atom is 0.336 e. The third kappa shape index (κ3) is 3.16. The lowest BCUT2D eigenvalue weighted by Gasteiger charge is -2.08. The van der Waals surface area contributed by atoms with Crippen LogP contribution in [0.2, 0.25) is 0 Å². The van der Waals surface area contributed by atoms with Crippen LogP contribution in [0.3, 0.4) is 0 Å². The first-order valence-corrected chi connectivity index (χ1v) is 7.45. The molecule has 2 rings (SSSR count). The molecule has 21 heavy (non-hydrogen) atoms. The highest BCUT2D eigenvalue weighted by Gasteiger charge is 2.20. The van der Waals surface area contributed by atoms with Gasteiger partial charge in [0.05, 0.1) is 17.5 Å². The second-order valence-corrected chi connectivity index (χ2v) is 5.87. The van der Waals surface area contributed by atoms with E-state index < -0.39 is 16.0 Å². The molecule has 1 aromatic carbocycles. The smallest absolute Gasteiger partial charge is 0.336 e. The van der Waals surface area contributed by atoms with E-state index in [2.05, 4.69) is 20.1 Å². The SMILES string of the molecule is CCc1ccc(S(=O)(=O)Nc2nnn(C)n2)cc1C(=O)O. The first kappa shape index (κ1) is 14.9. The maximum absolute atomic E-state index is 12.2. The minimum atomic E-state index is -3.97. The van der Waals surface area contributed by atoms with E-state index in [1.54, 1.807) is 6.92 Å². The number of anilines is 1. The summed E-state index contributed by atoms with van der Waals surface area (Å²) in [7, 11) is -2.48. The number of rotatable bonds is 5. The summed E-state index contributed by atoms with van der Waals surface area (Å²) in [6, 6.07) is 3.92. The van der Waals surface area contributed by atoms with Crippen molar-refractivity contribution in [2.75, 3.05) is 4.72 Å². The lowest BCUT2D eigenvalue weighted by molar-refractivity contribution is 0.0695. The van der Waals surface area contributed by atoms with Gasteiger partial charge in [-0.15, -0.1) is 5.10 Å². The van der Waals surface area contributed by atoms with Crippen molar-refractivity contribution in [3.05, 3.63) is 29.3 Å². The molecule has 0 aliphatic rings. The van der Waals surface area contributed by atoms with Crippen LogP contribution in [0.25, 0.3) is 0 Å². The molecule has 0 saturated heterocycles. The van der Waals surface area contributed by atoms with Crippen LogP contribution in [-0.2, 0) is 23.5 Å². The average Bonchev–Trinajstić information content (AvgIpc) is 2.82. The molecule has 0 amide bonds. The molecular weight excluding hydrogens is 298 g/mol. The van der Waals surface area contributed by atoms with Gasteiger partial charge >= 0.3 is 5.97 Å². The van der Waals surface area contributed by atoms with Gasteiger partial charge in [0.15, 0.2) is 0 Å². The minimum Gasteiger partial charge on any atom is -0.478 e. The van der Waals surface area contributed by atoms with Crippen molar-refractivity contribution in [2.24, 2.45) is 7.05 Å². The summed E-state index contributed by atoms with van der Waals surface area (Å²) in [5.41, 5.74) is 0.506. The summed E-state index contributed by atoms with van der Waals surface area (Å²) < 4.78 is 26.5. The molecule has 10 heteroatoms. The third-order valence-electron chi connectivity index (χ3n) is 2.74. The van der Waals surface area contributed by atoms with Gasteiger partial charge in [-0.25, -0.2) is 17.9 Å². The number of carboxylic acids is 1. The Morgan fingerprint density at radius 2 is 2.14 bits per heavy atom. The van der Waals surface area contributed by atoms with E-state index in [1.807, 2.05) is 0 Å². The second-order valence-electron chi connectivity index (χ2n) is 4.19. The molecule has 112 valence electrons. The number of aromatic carboxylic acids is 1. The van der Waals surface area contributed by atoms with E-state index in [0.29, 0.717) is 12.0 Å². The lowest BCUT2D eigenvalue weighted by atomic mass is 10.1. The number of nitrogens with one attached hydrogen (secondary N) is 1. The molecule has 1 heterocycles. The number of carboxylic acid groups (broad SMARTS) is 1. The van der Waals surface area contributed by atoms with Gasteiger partial charge in [-0.1, -0.05) is 18.1 Å². The monoisotopic (exact) mass is 311 g/mol. The molecule has 9 nitrogen and oxygen atoms in total. The van der Waals surface area contributed by atoms with Gasteiger partial charge in [0.1, 0.15) is 0 Å². The van der Waals surface area contributed by atoms with E-state index in [-0.39, 0.29) is 16.4 Å². The number of aromatic nitrogens is 4. The Kier molecular flexibility index (Phi) is 3.89. The van der Waals surface area contributed by atoms with Crippen molar-refractivity contribution < 1.29 is 18.3 Å². The number of hydrogen-bond donors (Lipinski definition) is 2. The zero-order valence-corrected chi connectivity index (χ0v) is 12.1. The van der Waals surface area contributed by atoms with Crippen LogP contribution < -0.4 is 4.72 Å². The van der Waals surface area contributed by atoms with Gasteiger partial charge < -0.3 is 5.11 Å². The molecule has 0 fully saturated rings. The molecule has 0 aliphatic carbocycles. The van der Waals surface area contributed by atoms with Crippen LogP contribution in [0.4, 0.5) is 5.95 Å². The molecular formula is C11H13N5O4S. The molecule has 1 aromatic heterocycles. The Morgan fingerprint density at radius 1 is 1.43 bits per heavy atom. The molecule has 0 aliphatic heterocycles. The van der Waals surface area contributed by atoms with Gasteiger partial charge in [-0.05, 0) is 29.3 Å². The molecule has 0 unspecified atom stereocenters. The summed E-state index contributed by atoms with van der Waals surface area (Å²) >= 11 is 0. The van der Waals surface area contributed by atoms with Crippen LogP contribution in [0, 0.1) is 0 Å². The number of carbonyl (C=O) groups is 1. The van der Waals surface area contributed by atoms with Crippen molar-refractivity contribution in [1.29, 1.82) is 0 Å². The Morgan fingerprint density at radius 3 is 2.67 bits per heavy atom. The Balaban J connectivity index is 2.40. The highest BCUT2D eigenvalue weighted by atomic mass is 32.2. The van der Waals surface area contributed by atoms with Crippen LogP contribution in [0.5, 0.6) is 0 Å². The fraction of sp³-hybridized carbons (Fsp3) is 0.273. The summed E-state index contributed by atoms with van der Waals surface area (Å²) in [6.45, 7) is 1.79. The predicted octanol–water partition coefficient (Wildman–Crippen LogP) is 0.271. The van der Waals surface area contributed by atoms with Crippen molar-refractivity contribution in [2.45, 2.75) is 18.2 Å². The maximum atomic E-state index is 12.2. The summed E-state index contributed by atoms with van der Waals surface area (Å²) in [4.78, 5) is 12.1. The highest BCUT2D eigenvalue weighted by Crippen LogP contribution is 2.18. The summed E-state index contributed by atoms with van der Waals surface area (Å²) in [5, 5.41) is 19.8. The van der Waals surface area contributed by atoms with Crippen molar-refractivity contribution in [3.63, 3.8) is 0 Å². The fourth-order valence-corrected chi connectivity index (χ4v) is 2.69. The zero-order chi connectivity index (χ0) is 15.6. The first-order valence-electron chi connectivity index (χ1n) is 5.96. The lowest BCUT2D eigenvalue weighted by Crippen LogP contribution is -2.15. The molecule has 0 bridgehead atoms. The minimum absolute atomic E-state index is 0.0486. The van der Waals surface area contributed by atoms with Gasteiger partial charge in [0.2, 0.25) is 0 Å². The zero-order valence-electron chi connectivity index (χ0n) is 11.3. The summed E-state index contributed by atoms with van der Waals surface area (Å²) in [6.07, 6.45) is 0.487. The quantitative estimate of drug-likeness (QED) is 0.811. The number of sulfonamides is 1. The Bertz CT molecular complexity index is 784. The number of hydrogen-bond acceptors (Lipinski definition) is 6. The van der Waals surface area contributed by atoms with Crippen LogP contribution in [0.15, 0.2) is 23.1 Å². The predicted molar refractivity (Wildman–Crippen MR) is 72.4 cm³/mol. The van der Waals surface area contributed by atoms with Gasteiger partial charge in [-0.3, -0.25) is 0 Å². The second kappa shape index (κ2) is 5.48. The van der Waals surface area contributed by atoms with Crippen molar-refractivity contribution in [3.8, 4) is 0 Å². The number of benzene rings is 1. The molecule has 0 saturated carbocycles. The molecule has 0 radical (unpaired) electrons. The normalized spacial score (nSPS) is 11.3. The standard InChI is InChI=1S/C11H13N5O4S/c1-3-7-4-5-8(6-9(7)10(17)18)21(19,20)14-11-12-15-16(2)13-11/h4-6H,3H2,1-2H3,(H,13,14)(H,17,18). The fourth-order valence-electron chi connectivity index (χ4n) is 1.73.